The normalized spacial score (nSPS) is 18.2. The van der Waals surface area contributed by atoms with Crippen LogP contribution in [0.4, 0.5) is 10.5 Å². The van der Waals surface area contributed by atoms with Gasteiger partial charge in [-0.1, -0.05) is 24.6 Å². The van der Waals surface area contributed by atoms with Crippen LogP contribution in [0.25, 0.3) is 0 Å². The Morgan fingerprint density at radius 3 is 2.58 bits per heavy atom. The fourth-order valence-electron chi connectivity index (χ4n) is 4.70. The number of anilines is 1. The van der Waals surface area contributed by atoms with Crippen LogP contribution in [-0.2, 0) is 14.8 Å². The van der Waals surface area contributed by atoms with Crippen LogP contribution >= 0.6 is 11.6 Å². The lowest BCUT2D eigenvalue weighted by molar-refractivity contribution is -0.134. The number of carbonyl (C=O) groups is 2. The summed E-state index contributed by atoms with van der Waals surface area (Å²) in [5.74, 6) is -0.238. The fourth-order valence-corrected chi connectivity index (χ4v) is 6.50. The Balaban J connectivity index is 1.59. The first-order valence-electron chi connectivity index (χ1n) is 12.9. The minimum atomic E-state index is -4.18. The second-order valence-corrected chi connectivity index (χ2v) is 12.0. The van der Waals surface area contributed by atoms with Crippen molar-refractivity contribution in [1.29, 1.82) is 5.26 Å². The Hall–Kier alpha value is -3.29. The lowest BCUT2D eigenvalue weighted by Gasteiger charge is -2.38. The third kappa shape index (κ3) is 6.58. The first-order chi connectivity index (χ1) is 18.2. The Morgan fingerprint density at radius 2 is 1.92 bits per heavy atom. The zero-order chi connectivity index (χ0) is 27.3. The highest BCUT2D eigenvalue weighted by molar-refractivity contribution is 7.93. The molecule has 2 N–H and O–H groups in total. The van der Waals surface area contributed by atoms with Crippen LogP contribution in [0.15, 0.2) is 53.4 Å². The summed E-state index contributed by atoms with van der Waals surface area (Å²) in [6.45, 7) is 3.14. The molecule has 202 valence electrons. The quantitative estimate of drug-likeness (QED) is 0.484. The highest BCUT2D eigenvalue weighted by Gasteiger charge is 2.38. The van der Waals surface area contributed by atoms with Crippen molar-refractivity contribution in [3.8, 4) is 6.07 Å². The SMILES string of the molecule is CCC(C(=O)N1CCC[C@@H](CNC(=O)NC2CC2)C1)N(c1cccc(C#N)c1)S(=O)(=O)c1ccc(Cl)cc1. The molecule has 1 unspecified atom stereocenters. The van der Waals surface area contributed by atoms with E-state index in [-0.39, 0.29) is 46.5 Å². The predicted molar refractivity (Wildman–Crippen MR) is 145 cm³/mol. The van der Waals surface area contributed by atoms with Crippen LogP contribution in [0.2, 0.25) is 5.02 Å². The molecule has 4 rings (SSSR count). The summed E-state index contributed by atoms with van der Waals surface area (Å²) in [6.07, 6.45) is 3.86. The second kappa shape index (κ2) is 12.0. The summed E-state index contributed by atoms with van der Waals surface area (Å²) >= 11 is 5.99. The Kier molecular flexibility index (Phi) is 8.80. The maximum absolute atomic E-state index is 13.9. The first-order valence-corrected chi connectivity index (χ1v) is 14.7. The van der Waals surface area contributed by atoms with Crippen LogP contribution in [-0.4, -0.2) is 57.0 Å². The van der Waals surface area contributed by atoms with E-state index in [4.69, 9.17) is 11.6 Å². The second-order valence-electron chi connectivity index (χ2n) is 9.76. The summed E-state index contributed by atoms with van der Waals surface area (Å²) in [5.41, 5.74) is 0.529. The van der Waals surface area contributed by atoms with Gasteiger partial charge in [-0.2, -0.15) is 5.26 Å². The van der Waals surface area contributed by atoms with Crippen molar-refractivity contribution < 1.29 is 18.0 Å². The molecule has 38 heavy (non-hydrogen) atoms. The van der Waals surface area contributed by atoms with Crippen molar-refractivity contribution in [2.45, 2.75) is 56.0 Å². The predicted octanol–water partition coefficient (Wildman–Crippen LogP) is 3.89. The van der Waals surface area contributed by atoms with Gasteiger partial charge in [-0.15, -0.1) is 0 Å². The molecule has 1 heterocycles. The van der Waals surface area contributed by atoms with Crippen molar-refractivity contribution in [3.63, 3.8) is 0 Å². The van der Waals surface area contributed by atoms with Gasteiger partial charge in [-0.3, -0.25) is 9.10 Å². The van der Waals surface area contributed by atoms with Gasteiger partial charge in [0.15, 0.2) is 0 Å². The third-order valence-corrected chi connectivity index (χ3v) is 8.95. The summed E-state index contributed by atoms with van der Waals surface area (Å²) in [6, 6.07) is 13.1. The topological polar surface area (TPSA) is 123 Å². The standard InChI is InChI=1S/C27H32ClN5O4S/c1-2-25(26(34)32-14-4-6-20(18-32)17-30-27(35)31-22-10-11-22)33(23-7-3-5-19(15-23)16-29)38(36,37)24-12-8-21(28)9-13-24/h3,5,7-9,12-13,15,20,22,25H,2,4,6,10-11,14,17-18H2,1H3,(H2,30,31,35)/t20-,25?/m0/s1. The number of piperidine rings is 1. The molecular formula is C27H32ClN5O4S. The monoisotopic (exact) mass is 557 g/mol. The average molecular weight is 558 g/mol. The van der Waals surface area contributed by atoms with Gasteiger partial charge in [0.1, 0.15) is 6.04 Å². The van der Waals surface area contributed by atoms with Crippen LogP contribution in [0.3, 0.4) is 0 Å². The molecule has 9 nitrogen and oxygen atoms in total. The fraction of sp³-hybridized carbons (Fsp3) is 0.444. The lowest BCUT2D eigenvalue weighted by Crippen LogP contribution is -2.54. The van der Waals surface area contributed by atoms with E-state index < -0.39 is 16.1 Å². The van der Waals surface area contributed by atoms with Gasteiger partial charge in [0, 0.05) is 30.7 Å². The number of nitrogens with zero attached hydrogens (tertiary/aromatic N) is 3. The highest BCUT2D eigenvalue weighted by Crippen LogP contribution is 2.30. The number of rotatable bonds is 9. The van der Waals surface area contributed by atoms with Crippen LogP contribution in [0.5, 0.6) is 0 Å². The van der Waals surface area contributed by atoms with E-state index in [0.29, 0.717) is 24.7 Å². The number of benzene rings is 2. The Labute approximate surface area is 228 Å². The molecule has 1 saturated heterocycles. The number of urea groups is 1. The van der Waals surface area contributed by atoms with Crippen molar-refractivity contribution >= 4 is 39.2 Å². The third-order valence-electron chi connectivity index (χ3n) is 6.85. The highest BCUT2D eigenvalue weighted by atomic mass is 35.5. The maximum Gasteiger partial charge on any atom is 0.315 e. The van der Waals surface area contributed by atoms with Gasteiger partial charge in [0.05, 0.1) is 22.2 Å². The van der Waals surface area contributed by atoms with Crippen molar-refractivity contribution in [3.05, 3.63) is 59.1 Å². The van der Waals surface area contributed by atoms with Gasteiger partial charge < -0.3 is 15.5 Å². The number of sulfonamides is 1. The number of likely N-dealkylation sites (tertiary alicyclic amines) is 1. The first kappa shape index (κ1) is 27.7. The summed E-state index contributed by atoms with van der Waals surface area (Å²) in [4.78, 5) is 27.7. The molecule has 2 aliphatic rings. The molecule has 0 spiro atoms. The zero-order valence-corrected chi connectivity index (χ0v) is 22.8. The number of halogens is 1. The van der Waals surface area contributed by atoms with Gasteiger partial charge in [0.25, 0.3) is 10.0 Å². The molecule has 0 bridgehead atoms. The molecule has 1 aliphatic carbocycles. The van der Waals surface area contributed by atoms with E-state index in [1.165, 1.54) is 30.3 Å². The Bertz CT molecular complexity index is 1310. The van der Waals surface area contributed by atoms with Gasteiger partial charge in [-0.25, -0.2) is 13.2 Å². The maximum atomic E-state index is 13.9. The lowest BCUT2D eigenvalue weighted by atomic mass is 9.97. The molecule has 2 aromatic rings. The molecule has 1 saturated carbocycles. The van der Waals surface area contributed by atoms with E-state index in [2.05, 4.69) is 10.6 Å². The van der Waals surface area contributed by atoms with Crippen molar-refractivity contribution in [2.75, 3.05) is 23.9 Å². The van der Waals surface area contributed by atoms with E-state index in [1.807, 2.05) is 6.07 Å². The molecule has 2 fully saturated rings. The Morgan fingerprint density at radius 1 is 1.18 bits per heavy atom. The number of hydrogen-bond acceptors (Lipinski definition) is 5. The average Bonchev–Trinajstić information content (AvgIpc) is 3.74. The van der Waals surface area contributed by atoms with E-state index in [0.717, 1.165) is 30.0 Å². The zero-order valence-electron chi connectivity index (χ0n) is 21.3. The molecule has 1 aliphatic heterocycles. The van der Waals surface area contributed by atoms with E-state index in [9.17, 15) is 23.3 Å². The molecule has 0 radical (unpaired) electrons. The van der Waals surface area contributed by atoms with Crippen LogP contribution < -0.4 is 14.9 Å². The summed E-state index contributed by atoms with van der Waals surface area (Å²) in [5, 5.41) is 15.6. The summed E-state index contributed by atoms with van der Waals surface area (Å²) < 4.78 is 29.0. The number of nitriles is 1. The van der Waals surface area contributed by atoms with Gasteiger partial charge >= 0.3 is 6.03 Å². The minimum Gasteiger partial charge on any atom is -0.341 e. The molecule has 11 heteroatoms. The van der Waals surface area contributed by atoms with Crippen molar-refractivity contribution in [2.24, 2.45) is 5.92 Å². The van der Waals surface area contributed by atoms with E-state index >= 15 is 0 Å². The smallest absolute Gasteiger partial charge is 0.315 e. The number of nitrogens with one attached hydrogen (secondary N) is 2. The van der Waals surface area contributed by atoms with Gasteiger partial charge in [0.2, 0.25) is 5.91 Å². The molecule has 0 aromatic heterocycles. The van der Waals surface area contributed by atoms with E-state index in [1.54, 1.807) is 30.0 Å². The summed E-state index contributed by atoms with van der Waals surface area (Å²) in [7, 11) is -4.18. The van der Waals surface area contributed by atoms with Crippen LogP contribution in [0.1, 0.15) is 44.6 Å². The largest absolute Gasteiger partial charge is 0.341 e. The van der Waals surface area contributed by atoms with Crippen molar-refractivity contribution in [1.82, 2.24) is 15.5 Å². The number of amides is 3. The number of carbonyl (C=O) groups excluding carboxylic acids is 2. The van der Waals surface area contributed by atoms with Crippen LogP contribution in [0, 0.1) is 17.2 Å². The molecule has 2 aromatic carbocycles. The molecule has 3 amide bonds. The number of hydrogen-bond donors (Lipinski definition) is 2. The van der Waals surface area contributed by atoms with Gasteiger partial charge in [-0.05, 0) is 80.5 Å². The molecular weight excluding hydrogens is 526 g/mol. The minimum absolute atomic E-state index is 0.00194. The molecule has 2 atom stereocenters.